The van der Waals surface area contributed by atoms with Gasteiger partial charge in [0.05, 0.1) is 31.7 Å². The minimum absolute atomic E-state index is 0.818. The standard InChI is InChI=1S/C22H25N3O2S/c1-26-20-9-5-6-18(16-20)21-17-28-22(23-19-7-3-2-4-8-19)25(21)11-10-24-12-14-27-15-13-24/h2-9,16-17H,10-15H2,1H3. The van der Waals surface area contributed by atoms with Crippen molar-refractivity contribution in [2.45, 2.75) is 6.54 Å². The number of morpholine rings is 1. The first-order chi connectivity index (χ1) is 13.8. The van der Waals surface area contributed by atoms with Crippen LogP contribution in [0, 0.1) is 0 Å². The maximum Gasteiger partial charge on any atom is 0.190 e. The van der Waals surface area contributed by atoms with E-state index in [0.717, 1.165) is 61.2 Å². The van der Waals surface area contributed by atoms with Crippen molar-refractivity contribution in [2.24, 2.45) is 4.99 Å². The first kappa shape index (κ1) is 18.9. The lowest BCUT2D eigenvalue weighted by Gasteiger charge is -2.26. The van der Waals surface area contributed by atoms with Gasteiger partial charge < -0.3 is 14.0 Å². The molecule has 28 heavy (non-hydrogen) atoms. The lowest BCUT2D eigenvalue weighted by atomic mass is 10.1. The molecule has 0 bridgehead atoms. The van der Waals surface area contributed by atoms with Crippen LogP contribution < -0.4 is 9.54 Å². The highest BCUT2D eigenvalue weighted by Gasteiger charge is 2.13. The van der Waals surface area contributed by atoms with Crippen molar-refractivity contribution >= 4 is 17.0 Å². The molecule has 0 N–H and O–H groups in total. The van der Waals surface area contributed by atoms with E-state index in [0.29, 0.717) is 0 Å². The van der Waals surface area contributed by atoms with E-state index in [-0.39, 0.29) is 0 Å². The van der Waals surface area contributed by atoms with E-state index in [4.69, 9.17) is 14.5 Å². The van der Waals surface area contributed by atoms with Crippen LogP contribution in [0.15, 0.2) is 65.0 Å². The normalized spacial score (nSPS) is 15.7. The monoisotopic (exact) mass is 395 g/mol. The molecule has 6 heteroatoms. The number of ether oxygens (including phenoxy) is 2. The molecule has 146 valence electrons. The van der Waals surface area contributed by atoms with Gasteiger partial charge in [-0.3, -0.25) is 4.90 Å². The third-order valence-electron chi connectivity index (χ3n) is 4.89. The van der Waals surface area contributed by atoms with Crippen LogP contribution in [0.5, 0.6) is 5.75 Å². The van der Waals surface area contributed by atoms with E-state index in [2.05, 4.69) is 27.0 Å². The lowest BCUT2D eigenvalue weighted by molar-refractivity contribution is 0.0363. The van der Waals surface area contributed by atoms with Crippen LogP contribution in [0.3, 0.4) is 0 Å². The van der Waals surface area contributed by atoms with Gasteiger partial charge in [0.15, 0.2) is 4.80 Å². The SMILES string of the molecule is COc1cccc(-c2csc(=Nc3ccccc3)n2CCN2CCOCC2)c1. The molecule has 2 aromatic carbocycles. The van der Waals surface area contributed by atoms with Gasteiger partial charge in [-0.1, -0.05) is 30.3 Å². The summed E-state index contributed by atoms with van der Waals surface area (Å²) in [6.07, 6.45) is 0. The summed E-state index contributed by atoms with van der Waals surface area (Å²) in [7, 11) is 1.70. The summed E-state index contributed by atoms with van der Waals surface area (Å²) in [5.41, 5.74) is 3.29. The molecule has 4 rings (SSSR count). The minimum Gasteiger partial charge on any atom is -0.497 e. The first-order valence-electron chi connectivity index (χ1n) is 9.56. The Morgan fingerprint density at radius 2 is 1.86 bits per heavy atom. The van der Waals surface area contributed by atoms with Crippen molar-refractivity contribution in [3.8, 4) is 17.0 Å². The molecule has 1 aliphatic heterocycles. The fourth-order valence-corrected chi connectivity index (χ4v) is 4.28. The van der Waals surface area contributed by atoms with Crippen molar-refractivity contribution in [2.75, 3.05) is 40.0 Å². The number of aromatic nitrogens is 1. The zero-order valence-corrected chi connectivity index (χ0v) is 16.9. The van der Waals surface area contributed by atoms with Gasteiger partial charge in [0.1, 0.15) is 5.75 Å². The Bertz CT molecular complexity index is 959. The number of hydrogen-bond acceptors (Lipinski definition) is 5. The number of nitrogens with zero attached hydrogens (tertiary/aromatic N) is 3. The van der Waals surface area contributed by atoms with Crippen molar-refractivity contribution < 1.29 is 9.47 Å². The van der Waals surface area contributed by atoms with Crippen LogP contribution in [0.25, 0.3) is 11.3 Å². The maximum absolute atomic E-state index is 5.48. The van der Waals surface area contributed by atoms with Crippen LogP contribution in [0.4, 0.5) is 5.69 Å². The van der Waals surface area contributed by atoms with Crippen molar-refractivity contribution in [1.29, 1.82) is 0 Å². The molecular weight excluding hydrogens is 370 g/mol. The van der Waals surface area contributed by atoms with Gasteiger partial charge >= 0.3 is 0 Å². The van der Waals surface area contributed by atoms with Crippen LogP contribution >= 0.6 is 11.3 Å². The highest BCUT2D eigenvalue weighted by Crippen LogP contribution is 2.25. The highest BCUT2D eigenvalue weighted by atomic mass is 32.1. The largest absolute Gasteiger partial charge is 0.497 e. The molecule has 0 saturated carbocycles. The minimum atomic E-state index is 0.818. The summed E-state index contributed by atoms with van der Waals surface area (Å²) in [4.78, 5) is 8.37. The fraction of sp³-hybridized carbons (Fsp3) is 0.318. The molecule has 0 atom stereocenters. The number of rotatable bonds is 6. The van der Waals surface area contributed by atoms with Gasteiger partial charge in [0.2, 0.25) is 0 Å². The summed E-state index contributed by atoms with van der Waals surface area (Å²) in [5.74, 6) is 0.866. The van der Waals surface area contributed by atoms with E-state index in [1.807, 2.05) is 42.5 Å². The molecule has 0 amide bonds. The molecule has 3 aromatic rings. The predicted octanol–water partition coefficient (Wildman–Crippen LogP) is 3.79. The zero-order chi connectivity index (χ0) is 19.2. The van der Waals surface area contributed by atoms with Crippen LogP contribution in [0.2, 0.25) is 0 Å². The average Bonchev–Trinajstić information content (AvgIpc) is 3.16. The summed E-state index contributed by atoms with van der Waals surface area (Å²) < 4.78 is 13.2. The quantitative estimate of drug-likeness (QED) is 0.637. The number of para-hydroxylation sites is 1. The third kappa shape index (κ3) is 4.52. The van der Waals surface area contributed by atoms with E-state index >= 15 is 0 Å². The van der Waals surface area contributed by atoms with Gasteiger partial charge in [-0.2, -0.15) is 0 Å². The Labute approximate surface area is 169 Å². The van der Waals surface area contributed by atoms with Crippen LogP contribution in [-0.4, -0.2) is 49.4 Å². The van der Waals surface area contributed by atoms with E-state index < -0.39 is 0 Å². The molecule has 0 unspecified atom stereocenters. The Balaban J connectivity index is 1.70. The smallest absolute Gasteiger partial charge is 0.190 e. The van der Waals surface area contributed by atoms with Gasteiger partial charge in [0, 0.05) is 37.1 Å². The molecule has 5 nitrogen and oxygen atoms in total. The molecule has 1 fully saturated rings. The molecule has 0 aliphatic carbocycles. The van der Waals surface area contributed by atoms with Crippen molar-refractivity contribution in [1.82, 2.24) is 9.47 Å². The van der Waals surface area contributed by atoms with E-state index in [9.17, 15) is 0 Å². The van der Waals surface area contributed by atoms with Gasteiger partial charge in [-0.25, -0.2) is 4.99 Å². The highest BCUT2D eigenvalue weighted by molar-refractivity contribution is 7.07. The average molecular weight is 396 g/mol. The van der Waals surface area contributed by atoms with Crippen molar-refractivity contribution in [3.05, 3.63) is 64.8 Å². The summed E-state index contributed by atoms with van der Waals surface area (Å²) in [6, 6.07) is 18.4. The van der Waals surface area contributed by atoms with Gasteiger partial charge in [0.25, 0.3) is 0 Å². The van der Waals surface area contributed by atoms with E-state index in [1.54, 1.807) is 18.4 Å². The molecule has 0 radical (unpaired) electrons. The Morgan fingerprint density at radius 3 is 2.64 bits per heavy atom. The zero-order valence-electron chi connectivity index (χ0n) is 16.1. The molecule has 1 aromatic heterocycles. The molecule has 0 spiro atoms. The third-order valence-corrected chi connectivity index (χ3v) is 5.75. The first-order valence-corrected chi connectivity index (χ1v) is 10.4. The Morgan fingerprint density at radius 1 is 1.04 bits per heavy atom. The maximum atomic E-state index is 5.48. The van der Waals surface area contributed by atoms with Gasteiger partial charge in [-0.15, -0.1) is 11.3 Å². The Hall–Kier alpha value is -2.41. The van der Waals surface area contributed by atoms with E-state index in [1.165, 1.54) is 5.69 Å². The summed E-state index contributed by atoms with van der Waals surface area (Å²) >= 11 is 1.68. The molecular formula is C22H25N3O2S. The number of thiazole rings is 1. The second-order valence-corrected chi connectivity index (χ2v) is 7.53. The molecule has 2 heterocycles. The number of hydrogen-bond donors (Lipinski definition) is 0. The second kappa shape index (κ2) is 9.19. The predicted molar refractivity (Wildman–Crippen MR) is 113 cm³/mol. The van der Waals surface area contributed by atoms with Crippen LogP contribution in [-0.2, 0) is 11.3 Å². The van der Waals surface area contributed by atoms with Crippen LogP contribution in [0.1, 0.15) is 0 Å². The topological polar surface area (TPSA) is 39.0 Å². The Kier molecular flexibility index (Phi) is 6.21. The second-order valence-electron chi connectivity index (χ2n) is 6.69. The molecule has 1 saturated heterocycles. The summed E-state index contributed by atoms with van der Waals surface area (Å²) in [6.45, 7) is 5.49. The van der Waals surface area contributed by atoms with Gasteiger partial charge in [-0.05, 0) is 24.3 Å². The lowest BCUT2D eigenvalue weighted by Crippen LogP contribution is -2.39. The van der Waals surface area contributed by atoms with Crippen molar-refractivity contribution in [3.63, 3.8) is 0 Å². The number of methoxy groups -OCH3 is 1. The summed E-state index contributed by atoms with van der Waals surface area (Å²) in [5, 5.41) is 2.19. The number of benzene rings is 2. The molecule has 1 aliphatic rings. The fourth-order valence-electron chi connectivity index (χ4n) is 3.33.